The average molecular weight is 404 g/mol. The van der Waals surface area contributed by atoms with E-state index in [0.717, 1.165) is 4.90 Å². The number of benzene rings is 1. The van der Waals surface area contributed by atoms with Crippen molar-refractivity contribution in [2.75, 3.05) is 25.0 Å². The molecule has 0 radical (unpaired) electrons. The highest BCUT2D eigenvalue weighted by atomic mass is 17.2. The summed E-state index contributed by atoms with van der Waals surface area (Å²) in [6, 6.07) is 3.69. The van der Waals surface area contributed by atoms with E-state index in [-0.39, 0.29) is 37.1 Å². The Morgan fingerprint density at radius 2 is 2.03 bits per heavy atom. The van der Waals surface area contributed by atoms with Gasteiger partial charge in [-0.25, -0.2) is 4.79 Å². The van der Waals surface area contributed by atoms with Crippen LogP contribution in [0.5, 0.6) is 0 Å². The van der Waals surface area contributed by atoms with Crippen LogP contribution in [0.1, 0.15) is 40.5 Å². The average Bonchev–Trinajstić information content (AvgIpc) is 2.93. The quantitative estimate of drug-likeness (QED) is 0.253. The lowest BCUT2D eigenvalue weighted by molar-refractivity contribution is -0.235. The summed E-state index contributed by atoms with van der Waals surface area (Å²) in [7, 11) is 0. The lowest BCUT2D eigenvalue weighted by Gasteiger charge is -2.27. The minimum atomic E-state index is -1.03. The zero-order valence-corrected chi connectivity index (χ0v) is 15.6. The van der Waals surface area contributed by atoms with Crippen LogP contribution in [0, 0.1) is 0 Å². The van der Waals surface area contributed by atoms with E-state index >= 15 is 0 Å². The van der Waals surface area contributed by atoms with Crippen LogP contribution in [0.15, 0.2) is 18.2 Å². The van der Waals surface area contributed by atoms with Crippen molar-refractivity contribution in [3.05, 3.63) is 29.3 Å². The van der Waals surface area contributed by atoms with Gasteiger partial charge >= 0.3 is 6.09 Å². The molecule has 1 fully saturated rings. The van der Waals surface area contributed by atoms with E-state index < -0.39 is 35.8 Å². The molecule has 0 saturated carbocycles. The summed E-state index contributed by atoms with van der Waals surface area (Å²) in [5.41, 5.74) is 0.702. The third-order valence-electron chi connectivity index (χ3n) is 4.42. The second kappa shape index (κ2) is 8.69. The van der Waals surface area contributed by atoms with E-state index in [1.807, 2.05) is 0 Å². The predicted molar refractivity (Wildman–Crippen MR) is 97.7 cm³/mol. The number of fused-ring (bicyclic) bond motifs is 1. The van der Waals surface area contributed by atoms with Crippen molar-refractivity contribution in [3.63, 3.8) is 0 Å². The molecular formula is C18H20N4O7. The first-order valence-corrected chi connectivity index (χ1v) is 9.09. The summed E-state index contributed by atoms with van der Waals surface area (Å²) >= 11 is 0. The summed E-state index contributed by atoms with van der Waals surface area (Å²) in [5.74, 6) is -2.29. The molecule has 11 nitrogen and oxygen atoms in total. The van der Waals surface area contributed by atoms with Crippen molar-refractivity contribution in [1.82, 2.24) is 15.5 Å². The Hall–Kier alpha value is -3.47. The first-order valence-electron chi connectivity index (χ1n) is 9.09. The normalized spacial score (nSPS) is 18.4. The summed E-state index contributed by atoms with van der Waals surface area (Å²) in [6.45, 7) is 2.32. The fourth-order valence-electron chi connectivity index (χ4n) is 3.16. The highest BCUT2D eigenvalue weighted by Gasteiger charge is 2.45. The highest BCUT2D eigenvalue weighted by molar-refractivity contribution is 6.25. The monoisotopic (exact) mass is 404 g/mol. The minimum absolute atomic E-state index is 0.000203. The molecule has 2 heterocycles. The predicted octanol–water partition coefficient (Wildman–Crippen LogP) is 0.177. The summed E-state index contributed by atoms with van der Waals surface area (Å²) in [4.78, 5) is 70.3. The molecule has 0 aliphatic carbocycles. The van der Waals surface area contributed by atoms with Crippen LogP contribution in [0.2, 0.25) is 0 Å². The number of nitrogens with one attached hydrogen (secondary N) is 3. The van der Waals surface area contributed by atoms with Gasteiger partial charge in [0, 0.05) is 25.2 Å². The van der Waals surface area contributed by atoms with E-state index in [1.54, 1.807) is 19.1 Å². The molecular weight excluding hydrogens is 384 g/mol. The molecule has 29 heavy (non-hydrogen) atoms. The molecule has 11 heteroatoms. The molecule has 1 saturated heterocycles. The van der Waals surface area contributed by atoms with E-state index in [0.29, 0.717) is 12.2 Å². The van der Waals surface area contributed by atoms with Crippen molar-refractivity contribution in [2.24, 2.45) is 0 Å². The summed E-state index contributed by atoms with van der Waals surface area (Å²) in [5, 5.41) is 7.50. The maximum Gasteiger partial charge on any atom is 0.438 e. The number of carbonyl (C=O) groups excluding carboxylic acids is 5. The fraction of sp³-hybridized carbons (Fsp3) is 0.389. The van der Waals surface area contributed by atoms with E-state index in [4.69, 9.17) is 4.89 Å². The zero-order chi connectivity index (χ0) is 21.0. The fourth-order valence-corrected chi connectivity index (χ4v) is 3.16. The van der Waals surface area contributed by atoms with Crippen molar-refractivity contribution >= 4 is 35.4 Å². The molecule has 154 valence electrons. The lowest BCUT2D eigenvalue weighted by Crippen LogP contribution is -2.54. The molecule has 1 aromatic carbocycles. The first kappa shape index (κ1) is 20.3. The minimum Gasteiger partial charge on any atom is -0.382 e. The first-order chi connectivity index (χ1) is 13.9. The SMILES string of the molecule is CCNC(=O)OOCCNc1cccc2c1C(=O)N(C1CCC(=O)NC1=O)C2=O. The zero-order valence-electron chi connectivity index (χ0n) is 15.6. The standard InChI is InChI=1S/C18H20N4O7/c1-2-19-18(27)29-28-9-8-20-11-5-3-4-10-14(11)17(26)22(16(10)25)12-6-7-13(23)21-15(12)24/h3-5,12,20H,2,6-9H2,1H3,(H,19,27)(H,21,23,24). The Labute approximate surface area is 165 Å². The van der Waals surface area contributed by atoms with Gasteiger partial charge in [-0.3, -0.25) is 34.3 Å². The Kier molecular flexibility index (Phi) is 6.07. The van der Waals surface area contributed by atoms with Crippen LogP contribution in [0.3, 0.4) is 0 Å². The summed E-state index contributed by atoms with van der Waals surface area (Å²) in [6.07, 6.45) is -0.573. The Morgan fingerprint density at radius 1 is 1.24 bits per heavy atom. The second-order valence-electron chi connectivity index (χ2n) is 6.33. The second-order valence-corrected chi connectivity index (χ2v) is 6.33. The molecule has 3 rings (SSSR count). The van der Waals surface area contributed by atoms with Gasteiger partial charge in [0.1, 0.15) is 12.6 Å². The van der Waals surface area contributed by atoms with Crippen molar-refractivity contribution in [1.29, 1.82) is 0 Å². The molecule has 5 amide bonds. The van der Waals surface area contributed by atoms with Crippen LogP contribution >= 0.6 is 0 Å². The van der Waals surface area contributed by atoms with Gasteiger partial charge in [-0.15, -0.1) is 0 Å². The molecule has 1 unspecified atom stereocenters. The third-order valence-corrected chi connectivity index (χ3v) is 4.42. The number of hydrogen-bond donors (Lipinski definition) is 3. The van der Waals surface area contributed by atoms with E-state index in [2.05, 4.69) is 20.8 Å². The van der Waals surface area contributed by atoms with Crippen LogP contribution in [-0.4, -0.2) is 60.4 Å². The van der Waals surface area contributed by atoms with Crippen LogP contribution in [-0.2, 0) is 19.4 Å². The maximum atomic E-state index is 12.9. The largest absolute Gasteiger partial charge is 0.438 e. The Balaban J connectivity index is 1.66. The van der Waals surface area contributed by atoms with Crippen LogP contribution < -0.4 is 16.0 Å². The number of imide groups is 2. The molecule has 0 spiro atoms. The van der Waals surface area contributed by atoms with Gasteiger partial charge in [-0.05, 0) is 25.5 Å². The molecule has 2 aliphatic rings. The van der Waals surface area contributed by atoms with E-state index in [1.165, 1.54) is 6.07 Å². The van der Waals surface area contributed by atoms with Gasteiger partial charge in [0.05, 0.1) is 11.1 Å². The molecule has 1 atom stereocenters. The molecule has 3 N–H and O–H groups in total. The number of anilines is 1. The van der Waals surface area contributed by atoms with Crippen molar-refractivity contribution in [2.45, 2.75) is 25.8 Å². The number of amides is 5. The van der Waals surface area contributed by atoms with Crippen molar-refractivity contribution < 1.29 is 33.7 Å². The third kappa shape index (κ3) is 4.19. The molecule has 0 bridgehead atoms. The Bertz CT molecular complexity index is 870. The van der Waals surface area contributed by atoms with E-state index in [9.17, 15) is 24.0 Å². The number of carbonyl (C=O) groups is 5. The topological polar surface area (TPSA) is 143 Å². The Morgan fingerprint density at radius 3 is 2.76 bits per heavy atom. The highest BCUT2D eigenvalue weighted by Crippen LogP contribution is 2.32. The lowest BCUT2D eigenvalue weighted by atomic mass is 10.0. The summed E-state index contributed by atoms with van der Waals surface area (Å²) < 4.78 is 0. The number of piperidine rings is 1. The molecule has 0 aromatic heterocycles. The number of hydrogen-bond acceptors (Lipinski definition) is 8. The van der Waals surface area contributed by atoms with Gasteiger partial charge in [0.15, 0.2) is 0 Å². The van der Waals surface area contributed by atoms with Gasteiger partial charge in [0.2, 0.25) is 11.8 Å². The molecule has 2 aliphatic heterocycles. The van der Waals surface area contributed by atoms with Crippen LogP contribution in [0.25, 0.3) is 0 Å². The number of nitrogens with zero attached hydrogens (tertiary/aromatic N) is 1. The van der Waals surface area contributed by atoms with Crippen LogP contribution in [0.4, 0.5) is 10.5 Å². The van der Waals surface area contributed by atoms with Gasteiger partial charge in [-0.2, -0.15) is 4.89 Å². The smallest absolute Gasteiger partial charge is 0.382 e. The molecule has 1 aromatic rings. The van der Waals surface area contributed by atoms with Crippen molar-refractivity contribution in [3.8, 4) is 0 Å². The van der Waals surface area contributed by atoms with Gasteiger partial charge < -0.3 is 10.6 Å². The number of rotatable bonds is 7. The van der Waals surface area contributed by atoms with Gasteiger partial charge in [-0.1, -0.05) is 6.07 Å². The van der Waals surface area contributed by atoms with Gasteiger partial charge in [0.25, 0.3) is 11.8 Å². The maximum absolute atomic E-state index is 12.9.